The van der Waals surface area contributed by atoms with Gasteiger partial charge in [-0.05, 0) is 50.2 Å². The Bertz CT molecular complexity index is 720. The van der Waals surface area contributed by atoms with Gasteiger partial charge in [-0.2, -0.15) is 0 Å². The van der Waals surface area contributed by atoms with E-state index in [1.165, 1.54) is 25.3 Å². The molecule has 0 aliphatic carbocycles. The fraction of sp³-hybridized carbons (Fsp3) is 0.444. The van der Waals surface area contributed by atoms with Crippen molar-refractivity contribution < 1.29 is 8.78 Å². The molecule has 126 valence electrons. The second-order valence-corrected chi connectivity index (χ2v) is 6.71. The molecule has 0 N–H and O–H groups in total. The number of aromatic nitrogens is 2. The van der Waals surface area contributed by atoms with Gasteiger partial charge in [0.15, 0.2) is 17.5 Å². The van der Waals surface area contributed by atoms with Gasteiger partial charge in [0.05, 0.1) is 5.69 Å². The first-order chi connectivity index (χ1) is 11.6. The average Bonchev–Trinajstić information content (AvgIpc) is 2.57. The van der Waals surface area contributed by atoms with E-state index >= 15 is 0 Å². The van der Waals surface area contributed by atoms with Crippen LogP contribution in [0.3, 0.4) is 0 Å². The Morgan fingerprint density at radius 1 is 0.958 bits per heavy atom. The molecule has 0 saturated carbocycles. The van der Waals surface area contributed by atoms with Gasteiger partial charge in [-0.1, -0.05) is 6.42 Å². The number of rotatable bonds is 2. The number of hydrogen-bond acceptors (Lipinski definition) is 4. The molecule has 0 amide bonds. The average molecular weight is 330 g/mol. The van der Waals surface area contributed by atoms with Crippen LogP contribution < -0.4 is 4.90 Å². The molecule has 2 aromatic rings. The molecular weight excluding hydrogens is 310 g/mol. The van der Waals surface area contributed by atoms with Crippen LogP contribution in [0.15, 0.2) is 30.3 Å². The minimum Gasteiger partial charge on any atom is -0.352 e. The van der Waals surface area contributed by atoms with E-state index in [4.69, 9.17) is 0 Å². The summed E-state index contributed by atoms with van der Waals surface area (Å²) < 4.78 is 26.4. The summed E-state index contributed by atoms with van der Waals surface area (Å²) in [6, 6.07) is 8.67. The molecular formula is C18H20F2N4. The number of halogens is 2. The molecule has 2 saturated heterocycles. The molecule has 2 unspecified atom stereocenters. The lowest BCUT2D eigenvalue weighted by Crippen LogP contribution is -2.59. The third kappa shape index (κ3) is 2.75. The molecule has 2 aliphatic rings. The lowest BCUT2D eigenvalue weighted by atomic mass is 9.92. The van der Waals surface area contributed by atoms with Gasteiger partial charge in [0, 0.05) is 30.7 Å². The van der Waals surface area contributed by atoms with Gasteiger partial charge in [-0.15, -0.1) is 10.2 Å². The van der Waals surface area contributed by atoms with E-state index < -0.39 is 11.6 Å². The van der Waals surface area contributed by atoms with E-state index in [2.05, 4.69) is 27.0 Å². The van der Waals surface area contributed by atoms with Crippen molar-refractivity contribution >= 4 is 5.82 Å². The molecule has 2 bridgehead atoms. The summed E-state index contributed by atoms with van der Waals surface area (Å²) >= 11 is 0. The normalized spacial score (nSPS) is 24.2. The van der Waals surface area contributed by atoms with E-state index in [0.29, 0.717) is 23.3 Å². The van der Waals surface area contributed by atoms with Crippen molar-refractivity contribution in [1.29, 1.82) is 0 Å². The largest absolute Gasteiger partial charge is 0.352 e. The van der Waals surface area contributed by atoms with Crippen molar-refractivity contribution in [2.24, 2.45) is 0 Å². The minimum atomic E-state index is -0.870. The van der Waals surface area contributed by atoms with Crippen LogP contribution in [0.4, 0.5) is 14.6 Å². The zero-order chi connectivity index (χ0) is 16.7. The van der Waals surface area contributed by atoms with Crippen molar-refractivity contribution in [2.45, 2.75) is 31.3 Å². The molecule has 1 aromatic heterocycles. The molecule has 2 atom stereocenters. The van der Waals surface area contributed by atoms with Crippen LogP contribution in [0.2, 0.25) is 0 Å². The minimum absolute atomic E-state index is 0.531. The lowest BCUT2D eigenvalue weighted by Gasteiger charge is -2.48. The number of nitrogens with zero attached hydrogens (tertiary/aromatic N) is 4. The number of hydrogen-bond donors (Lipinski definition) is 0. The highest BCUT2D eigenvalue weighted by molar-refractivity contribution is 5.59. The molecule has 2 fully saturated rings. The highest BCUT2D eigenvalue weighted by Gasteiger charge is 2.35. The molecule has 0 radical (unpaired) electrons. The van der Waals surface area contributed by atoms with E-state index in [0.717, 1.165) is 31.0 Å². The van der Waals surface area contributed by atoms with Gasteiger partial charge in [-0.3, -0.25) is 4.90 Å². The Morgan fingerprint density at radius 2 is 1.71 bits per heavy atom. The molecule has 3 heterocycles. The first-order valence-electron chi connectivity index (χ1n) is 8.38. The number of piperidine rings is 1. The Morgan fingerprint density at radius 3 is 2.33 bits per heavy atom. The number of piperazine rings is 1. The molecule has 0 spiro atoms. The Kier molecular flexibility index (Phi) is 3.92. The fourth-order valence-electron chi connectivity index (χ4n) is 3.81. The van der Waals surface area contributed by atoms with Gasteiger partial charge in [0.2, 0.25) is 0 Å². The monoisotopic (exact) mass is 330 g/mol. The van der Waals surface area contributed by atoms with E-state index in [1.807, 2.05) is 12.1 Å². The number of likely N-dealkylation sites (N-methyl/N-ethyl adjacent to an activating group) is 1. The van der Waals surface area contributed by atoms with Crippen LogP contribution in [-0.2, 0) is 0 Å². The summed E-state index contributed by atoms with van der Waals surface area (Å²) in [6.45, 7) is 1.93. The SMILES string of the molecule is CN1C2CCCC1CN(c1ccc(-c3ccc(F)c(F)c3)nn1)C2. The van der Waals surface area contributed by atoms with Crippen LogP contribution in [0.5, 0.6) is 0 Å². The van der Waals surface area contributed by atoms with Crippen LogP contribution >= 0.6 is 0 Å². The third-order valence-electron chi connectivity index (χ3n) is 5.28. The third-order valence-corrected chi connectivity index (χ3v) is 5.28. The number of fused-ring (bicyclic) bond motifs is 2. The summed E-state index contributed by atoms with van der Waals surface area (Å²) in [6.07, 6.45) is 3.75. The molecule has 4 nitrogen and oxygen atoms in total. The second-order valence-electron chi connectivity index (χ2n) is 6.71. The van der Waals surface area contributed by atoms with Gasteiger partial charge in [0.1, 0.15) is 0 Å². The van der Waals surface area contributed by atoms with Crippen LogP contribution in [0.25, 0.3) is 11.3 Å². The first-order valence-corrected chi connectivity index (χ1v) is 8.38. The Labute approximate surface area is 140 Å². The molecule has 4 rings (SSSR count). The van der Waals surface area contributed by atoms with E-state index in [-0.39, 0.29) is 0 Å². The van der Waals surface area contributed by atoms with Crippen LogP contribution in [0, 0.1) is 11.6 Å². The lowest BCUT2D eigenvalue weighted by molar-refractivity contribution is 0.0946. The Hall–Kier alpha value is -2.08. The predicted octanol–water partition coefficient (Wildman–Crippen LogP) is 3.09. The van der Waals surface area contributed by atoms with Crippen molar-refractivity contribution in [3.63, 3.8) is 0 Å². The van der Waals surface area contributed by atoms with Crippen LogP contribution in [0.1, 0.15) is 19.3 Å². The van der Waals surface area contributed by atoms with Gasteiger partial charge >= 0.3 is 0 Å². The molecule has 1 aromatic carbocycles. The van der Waals surface area contributed by atoms with Crippen molar-refractivity contribution in [3.05, 3.63) is 42.0 Å². The maximum Gasteiger partial charge on any atom is 0.159 e. The van der Waals surface area contributed by atoms with Crippen LogP contribution in [-0.4, -0.2) is 47.3 Å². The quantitative estimate of drug-likeness (QED) is 0.847. The maximum atomic E-state index is 13.4. The zero-order valence-electron chi connectivity index (χ0n) is 13.6. The predicted molar refractivity (Wildman–Crippen MR) is 88.8 cm³/mol. The first kappa shape index (κ1) is 15.4. The summed E-state index contributed by atoms with van der Waals surface area (Å²) in [4.78, 5) is 4.78. The topological polar surface area (TPSA) is 32.3 Å². The summed E-state index contributed by atoms with van der Waals surface area (Å²) in [7, 11) is 2.21. The molecule has 6 heteroatoms. The molecule has 24 heavy (non-hydrogen) atoms. The summed E-state index contributed by atoms with van der Waals surface area (Å²) in [5.74, 6) is -0.871. The molecule has 2 aliphatic heterocycles. The van der Waals surface area contributed by atoms with Crippen molar-refractivity contribution in [3.8, 4) is 11.3 Å². The maximum absolute atomic E-state index is 13.4. The van der Waals surface area contributed by atoms with Gasteiger partial charge in [-0.25, -0.2) is 8.78 Å². The summed E-state index contributed by atoms with van der Waals surface area (Å²) in [5.41, 5.74) is 1.08. The number of anilines is 1. The standard InChI is InChI=1S/C18H20F2N4/c1-23-13-3-2-4-14(23)11-24(10-13)18-8-7-17(21-22-18)12-5-6-15(19)16(20)9-12/h5-9,13-14H,2-4,10-11H2,1H3. The van der Waals surface area contributed by atoms with Crippen molar-refractivity contribution in [2.75, 3.05) is 25.0 Å². The smallest absolute Gasteiger partial charge is 0.159 e. The highest BCUT2D eigenvalue weighted by atomic mass is 19.2. The zero-order valence-corrected chi connectivity index (χ0v) is 13.6. The second kappa shape index (κ2) is 6.09. The van der Waals surface area contributed by atoms with Crippen molar-refractivity contribution in [1.82, 2.24) is 15.1 Å². The van der Waals surface area contributed by atoms with E-state index in [1.54, 1.807) is 0 Å². The van der Waals surface area contributed by atoms with Gasteiger partial charge < -0.3 is 4.90 Å². The highest BCUT2D eigenvalue weighted by Crippen LogP contribution is 2.29. The van der Waals surface area contributed by atoms with Gasteiger partial charge in [0.25, 0.3) is 0 Å². The fourth-order valence-corrected chi connectivity index (χ4v) is 3.81. The Balaban J connectivity index is 1.54. The number of benzene rings is 1. The van der Waals surface area contributed by atoms with E-state index in [9.17, 15) is 8.78 Å². The summed E-state index contributed by atoms with van der Waals surface area (Å²) in [5, 5.41) is 8.54.